The van der Waals surface area contributed by atoms with Gasteiger partial charge >= 0.3 is 0 Å². The lowest BCUT2D eigenvalue weighted by atomic mass is 10.1. The third-order valence-corrected chi connectivity index (χ3v) is 3.38. The van der Waals surface area contributed by atoms with E-state index in [4.69, 9.17) is 0 Å². The minimum Gasteiger partial charge on any atom is -0.376 e. The summed E-state index contributed by atoms with van der Waals surface area (Å²) in [5.74, 6) is -0.197. The number of Topliss-reactive ketones (excluding diaryl/α,β-unsaturated/α-hetero) is 1. The van der Waals surface area contributed by atoms with E-state index < -0.39 is 0 Å². The molecular formula is C16H15BrN2O2. The molecule has 2 rings (SSSR count). The Labute approximate surface area is 131 Å². The zero-order valence-electron chi connectivity index (χ0n) is 11.5. The molecule has 0 saturated heterocycles. The molecule has 0 spiro atoms. The van der Waals surface area contributed by atoms with Gasteiger partial charge in [-0.15, -0.1) is 0 Å². The van der Waals surface area contributed by atoms with E-state index in [2.05, 4.69) is 26.6 Å². The third-order valence-electron chi connectivity index (χ3n) is 2.85. The molecule has 0 radical (unpaired) electrons. The summed E-state index contributed by atoms with van der Waals surface area (Å²) in [4.78, 5) is 23.2. The zero-order chi connectivity index (χ0) is 15.2. The molecule has 0 bridgehead atoms. The summed E-state index contributed by atoms with van der Waals surface area (Å²) in [6.07, 6.45) is 0. The number of carbonyl (C=O) groups excluding carboxylic acids is 2. The maximum Gasteiger partial charge on any atom is 0.243 e. The average molecular weight is 347 g/mol. The monoisotopic (exact) mass is 346 g/mol. The summed E-state index contributed by atoms with van der Waals surface area (Å²) in [5, 5.41) is 5.79. The summed E-state index contributed by atoms with van der Waals surface area (Å²) >= 11 is 3.35. The van der Waals surface area contributed by atoms with Gasteiger partial charge in [0.2, 0.25) is 5.91 Å². The Morgan fingerprint density at radius 1 is 1.05 bits per heavy atom. The molecule has 0 aliphatic heterocycles. The van der Waals surface area contributed by atoms with Gasteiger partial charge < -0.3 is 10.6 Å². The van der Waals surface area contributed by atoms with Gasteiger partial charge in [-0.1, -0.05) is 28.1 Å². The smallest absolute Gasteiger partial charge is 0.243 e. The van der Waals surface area contributed by atoms with Crippen LogP contribution >= 0.6 is 15.9 Å². The minimum atomic E-state index is -0.168. The second kappa shape index (κ2) is 7.04. The number of carbonyl (C=O) groups is 2. The Hall–Kier alpha value is -2.14. The lowest BCUT2D eigenvalue weighted by Gasteiger charge is -2.08. The standard InChI is InChI=1S/C16H15BrN2O2/c1-11(20)12-3-2-4-15(9-12)19-16(21)10-18-14-7-5-13(17)6-8-14/h2-9,18H,10H2,1H3,(H,19,21). The van der Waals surface area contributed by atoms with Crippen LogP contribution in [0, 0.1) is 0 Å². The first-order chi connectivity index (χ1) is 10.0. The van der Waals surface area contributed by atoms with Gasteiger partial charge in [-0.3, -0.25) is 9.59 Å². The molecule has 0 unspecified atom stereocenters. The molecule has 0 aliphatic carbocycles. The van der Waals surface area contributed by atoms with E-state index in [0.717, 1.165) is 10.2 Å². The number of hydrogen-bond donors (Lipinski definition) is 2. The van der Waals surface area contributed by atoms with Gasteiger partial charge in [0.1, 0.15) is 0 Å². The molecular weight excluding hydrogens is 332 g/mol. The molecule has 0 atom stereocenters. The highest BCUT2D eigenvalue weighted by Gasteiger charge is 2.04. The van der Waals surface area contributed by atoms with Crippen molar-refractivity contribution < 1.29 is 9.59 Å². The van der Waals surface area contributed by atoms with E-state index in [1.54, 1.807) is 24.3 Å². The number of benzene rings is 2. The molecule has 0 saturated carbocycles. The molecule has 2 aromatic carbocycles. The van der Waals surface area contributed by atoms with E-state index in [9.17, 15) is 9.59 Å². The SMILES string of the molecule is CC(=O)c1cccc(NC(=O)CNc2ccc(Br)cc2)c1. The summed E-state index contributed by atoms with van der Waals surface area (Å²) in [7, 11) is 0. The van der Waals surface area contributed by atoms with Crippen molar-refractivity contribution in [1.29, 1.82) is 0 Å². The number of anilines is 2. The van der Waals surface area contributed by atoms with E-state index in [-0.39, 0.29) is 18.2 Å². The molecule has 21 heavy (non-hydrogen) atoms. The van der Waals surface area contributed by atoms with Crippen molar-refractivity contribution >= 4 is 39.0 Å². The van der Waals surface area contributed by atoms with E-state index >= 15 is 0 Å². The number of hydrogen-bond acceptors (Lipinski definition) is 3. The molecule has 0 fully saturated rings. The number of halogens is 1. The van der Waals surface area contributed by atoms with Gasteiger partial charge in [0.05, 0.1) is 6.54 Å². The van der Waals surface area contributed by atoms with Crippen molar-refractivity contribution in [1.82, 2.24) is 0 Å². The molecule has 0 aliphatic rings. The zero-order valence-corrected chi connectivity index (χ0v) is 13.1. The van der Waals surface area contributed by atoms with Gasteiger partial charge in [-0.25, -0.2) is 0 Å². The Bertz CT molecular complexity index is 654. The van der Waals surface area contributed by atoms with Crippen LogP contribution in [0.5, 0.6) is 0 Å². The number of amides is 1. The Morgan fingerprint density at radius 3 is 2.43 bits per heavy atom. The first-order valence-corrected chi connectivity index (χ1v) is 7.24. The van der Waals surface area contributed by atoms with Crippen LogP contribution in [-0.2, 0) is 4.79 Å². The Morgan fingerprint density at radius 2 is 1.76 bits per heavy atom. The predicted molar refractivity (Wildman–Crippen MR) is 87.7 cm³/mol. The van der Waals surface area contributed by atoms with Crippen LogP contribution in [0.4, 0.5) is 11.4 Å². The topological polar surface area (TPSA) is 58.2 Å². The van der Waals surface area contributed by atoms with Gasteiger partial charge in [-0.05, 0) is 43.3 Å². The molecule has 4 nitrogen and oxygen atoms in total. The van der Waals surface area contributed by atoms with Crippen LogP contribution < -0.4 is 10.6 Å². The molecule has 5 heteroatoms. The molecule has 1 amide bonds. The highest BCUT2D eigenvalue weighted by molar-refractivity contribution is 9.10. The third kappa shape index (κ3) is 4.72. The first kappa shape index (κ1) is 15.3. The van der Waals surface area contributed by atoms with Gasteiger partial charge in [0.15, 0.2) is 5.78 Å². The van der Waals surface area contributed by atoms with Crippen molar-refractivity contribution in [2.75, 3.05) is 17.2 Å². The summed E-state index contributed by atoms with van der Waals surface area (Å²) in [5.41, 5.74) is 2.06. The average Bonchev–Trinajstić information content (AvgIpc) is 2.47. The normalized spacial score (nSPS) is 10.0. The number of ketones is 1. The largest absolute Gasteiger partial charge is 0.376 e. The quantitative estimate of drug-likeness (QED) is 0.811. The van der Waals surface area contributed by atoms with Crippen LogP contribution in [-0.4, -0.2) is 18.2 Å². The van der Waals surface area contributed by atoms with E-state index in [1.165, 1.54) is 6.92 Å². The molecule has 2 N–H and O–H groups in total. The Balaban J connectivity index is 1.91. The van der Waals surface area contributed by atoms with Crippen molar-refractivity contribution in [3.8, 4) is 0 Å². The second-order valence-electron chi connectivity index (χ2n) is 4.55. The fraction of sp³-hybridized carbons (Fsp3) is 0.125. The fourth-order valence-corrected chi connectivity index (χ4v) is 2.04. The lowest BCUT2D eigenvalue weighted by molar-refractivity contribution is -0.114. The second-order valence-corrected chi connectivity index (χ2v) is 5.46. The highest BCUT2D eigenvalue weighted by Crippen LogP contribution is 2.14. The lowest BCUT2D eigenvalue weighted by Crippen LogP contribution is -2.21. The predicted octanol–water partition coefficient (Wildman–Crippen LogP) is 3.70. The van der Waals surface area contributed by atoms with Gasteiger partial charge in [0, 0.05) is 21.4 Å². The molecule has 2 aromatic rings. The van der Waals surface area contributed by atoms with Crippen LogP contribution in [0.2, 0.25) is 0 Å². The van der Waals surface area contributed by atoms with Gasteiger partial charge in [-0.2, -0.15) is 0 Å². The maximum absolute atomic E-state index is 11.9. The number of nitrogens with one attached hydrogen (secondary N) is 2. The summed E-state index contributed by atoms with van der Waals surface area (Å²) in [6, 6.07) is 14.4. The minimum absolute atomic E-state index is 0.0286. The van der Waals surface area contributed by atoms with E-state index in [0.29, 0.717) is 11.3 Å². The maximum atomic E-state index is 11.9. The summed E-state index contributed by atoms with van der Waals surface area (Å²) in [6.45, 7) is 1.65. The summed E-state index contributed by atoms with van der Waals surface area (Å²) < 4.78 is 0.985. The molecule has 0 heterocycles. The number of rotatable bonds is 5. The van der Waals surface area contributed by atoms with Crippen LogP contribution in [0.25, 0.3) is 0 Å². The first-order valence-electron chi connectivity index (χ1n) is 6.45. The van der Waals surface area contributed by atoms with Crippen LogP contribution in [0.1, 0.15) is 17.3 Å². The van der Waals surface area contributed by atoms with Crippen LogP contribution in [0.15, 0.2) is 53.0 Å². The van der Waals surface area contributed by atoms with Gasteiger partial charge in [0.25, 0.3) is 0 Å². The molecule has 108 valence electrons. The van der Waals surface area contributed by atoms with Crippen molar-refractivity contribution in [2.45, 2.75) is 6.92 Å². The fourth-order valence-electron chi connectivity index (χ4n) is 1.77. The van der Waals surface area contributed by atoms with Crippen molar-refractivity contribution in [3.05, 3.63) is 58.6 Å². The Kier molecular flexibility index (Phi) is 5.11. The molecule has 0 aromatic heterocycles. The van der Waals surface area contributed by atoms with Crippen molar-refractivity contribution in [2.24, 2.45) is 0 Å². The van der Waals surface area contributed by atoms with Crippen LogP contribution in [0.3, 0.4) is 0 Å². The van der Waals surface area contributed by atoms with Crippen molar-refractivity contribution in [3.63, 3.8) is 0 Å². The highest BCUT2D eigenvalue weighted by atomic mass is 79.9. The van der Waals surface area contributed by atoms with E-state index in [1.807, 2.05) is 24.3 Å².